The van der Waals surface area contributed by atoms with E-state index in [1.807, 2.05) is 6.92 Å². The summed E-state index contributed by atoms with van der Waals surface area (Å²) in [6.07, 6.45) is 1.15. The molecule has 7 nitrogen and oxygen atoms in total. The van der Waals surface area contributed by atoms with E-state index in [4.69, 9.17) is 9.47 Å². The topological polar surface area (TPSA) is 84.9 Å². The molecule has 1 N–H and O–H groups in total. The van der Waals surface area contributed by atoms with Gasteiger partial charge in [0.2, 0.25) is 15.9 Å². The fourth-order valence-electron chi connectivity index (χ4n) is 3.72. The standard InChI is InChI=1S/C22H27FN2O5S/c1-15(20-13-18(29-2)8-11-21(20)30-3)24-22(26)16-5-4-12-25(14-16)31(27,28)19-9-6-17(23)7-10-19/h6-11,13,15-16H,4-5,12,14H2,1-3H3,(H,24,26)/t15-,16-/m0/s1. The van der Waals surface area contributed by atoms with E-state index in [1.54, 1.807) is 32.4 Å². The second kappa shape index (κ2) is 9.65. The van der Waals surface area contributed by atoms with Crippen LogP contribution in [-0.2, 0) is 14.8 Å². The summed E-state index contributed by atoms with van der Waals surface area (Å²) >= 11 is 0. The highest BCUT2D eigenvalue weighted by molar-refractivity contribution is 7.89. The third-order valence-electron chi connectivity index (χ3n) is 5.47. The largest absolute Gasteiger partial charge is 0.497 e. The summed E-state index contributed by atoms with van der Waals surface area (Å²) < 4.78 is 50.9. The summed E-state index contributed by atoms with van der Waals surface area (Å²) in [6.45, 7) is 2.24. The number of piperidine rings is 1. The first-order valence-corrected chi connectivity index (χ1v) is 11.5. The first-order valence-electron chi connectivity index (χ1n) is 10.0. The summed E-state index contributed by atoms with van der Waals surface area (Å²) in [6, 6.07) is 9.70. The maximum Gasteiger partial charge on any atom is 0.243 e. The monoisotopic (exact) mass is 450 g/mol. The Morgan fingerprint density at radius 3 is 2.52 bits per heavy atom. The summed E-state index contributed by atoms with van der Waals surface area (Å²) in [4.78, 5) is 13.0. The van der Waals surface area contributed by atoms with E-state index in [0.717, 1.165) is 17.7 Å². The van der Waals surface area contributed by atoms with Gasteiger partial charge >= 0.3 is 0 Å². The van der Waals surface area contributed by atoms with Crippen LogP contribution in [0.5, 0.6) is 11.5 Å². The van der Waals surface area contributed by atoms with Crippen LogP contribution in [0, 0.1) is 11.7 Å². The number of carbonyl (C=O) groups excluding carboxylic acids is 1. The van der Waals surface area contributed by atoms with Crippen LogP contribution < -0.4 is 14.8 Å². The molecule has 2 aromatic carbocycles. The minimum absolute atomic E-state index is 0.0180. The van der Waals surface area contributed by atoms with Gasteiger partial charge in [-0.15, -0.1) is 0 Å². The number of carbonyl (C=O) groups is 1. The number of rotatable bonds is 7. The van der Waals surface area contributed by atoms with Crippen molar-refractivity contribution in [1.29, 1.82) is 0 Å². The zero-order valence-electron chi connectivity index (χ0n) is 17.8. The predicted octanol–water partition coefficient (Wildman–Crippen LogP) is 3.12. The molecule has 0 aliphatic carbocycles. The van der Waals surface area contributed by atoms with Gasteiger partial charge in [0.1, 0.15) is 17.3 Å². The van der Waals surface area contributed by atoms with Crippen LogP contribution in [0.15, 0.2) is 47.4 Å². The zero-order chi connectivity index (χ0) is 22.6. The van der Waals surface area contributed by atoms with Gasteiger partial charge < -0.3 is 14.8 Å². The third kappa shape index (κ3) is 5.16. The van der Waals surface area contributed by atoms with Crippen molar-refractivity contribution in [2.45, 2.75) is 30.7 Å². The molecule has 1 amide bonds. The van der Waals surface area contributed by atoms with Gasteiger partial charge in [0.15, 0.2) is 0 Å². The van der Waals surface area contributed by atoms with E-state index in [0.29, 0.717) is 30.9 Å². The van der Waals surface area contributed by atoms with Crippen LogP contribution in [0.2, 0.25) is 0 Å². The lowest BCUT2D eigenvalue weighted by atomic mass is 9.97. The fourth-order valence-corrected chi connectivity index (χ4v) is 5.24. The summed E-state index contributed by atoms with van der Waals surface area (Å²) in [5, 5.41) is 2.97. The summed E-state index contributed by atoms with van der Waals surface area (Å²) in [7, 11) is -0.678. The summed E-state index contributed by atoms with van der Waals surface area (Å²) in [5.41, 5.74) is 0.766. The smallest absolute Gasteiger partial charge is 0.243 e. The number of benzene rings is 2. The maximum absolute atomic E-state index is 13.2. The Morgan fingerprint density at radius 1 is 1.16 bits per heavy atom. The maximum atomic E-state index is 13.2. The van der Waals surface area contributed by atoms with E-state index in [-0.39, 0.29) is 23.4 Å². The molecular weight excluding hydrogens is 423 g/mol. The normalized spacial score (nSPS) is 18.3. The predicted molar refractivity (Wildman–Crippen MR) is 114 cm³/mol. The highest BCUT2D eigenvalue weighted by atomic mass is 32.2. The number of halogens is 1. The highest BCUT2D eigenvalue weighted by Gasteiger charge is 2.34. The molecule has 0 spiro atoms. The van der Waals surface area contributed by atoms with Gasteiger partial charge in [-0.2, -0.15) is 4.31 Å². The minimum atomic E-state index is -3.80. The average Bonchev–Trinajstić information content (AvgIpc) is 2.78. The molecule has 0 saturated carbocycles. The van der Waals surface area contributed by atoms with Crippen LogP contribution in [0.3, 0.4) is 0 Å². The number of amides is 1. The number of hydrogen-bond donors (Lipinski definition) is 1. The molecule has 1 aliphatic rings. The fraction of sp³-hybridized carbons (Fsp3) is 0.409. The highest BCUT2D eigenvalue weighted by Crippen LogP contribution is 2.30. The van der Waals surface area contributed by atoms with Crippen molar-refractivity contribution in [3.8, 4) is 11.5 Å². The van der Waals surface area contributed by atoms with Crippen LogP contribution >= 0.6 is 0 Å². The van der Waals surface area contributed by atoms with Crippen molar-refractivity contribution < 1.29 is 27.1 Å². The van der Waals surface area contributed by atoms with E-state index in [2.05, 4.69) is 5.32 Å². The molecule has 1 aliphatic heterocycles. The quantitative estimate of drug-likeness (QED) is 0.701. The molecule has 1 fully saturated rings. The van der Waals surface area contributed by atoms with Crippen LogP contribution in [0.4, 0.5) is 4.39 Å². The Kier molecular flexibility index (Phi) is 7.17. The second-order valence-corrected chi connectivity index (χ2v) is 9.43. The van der Waals surface area contributed by atoms with E-state index >= 15 is 0 Å². The lowest BCUT2D eigenvalue weighted by Gasteiger charge is -2.32. The van der Waals surface area contributed by atoms with Gasteiger partial charge in [0.05, 0.1) is 31.1 Å². The molecule has 0 radical (unpaired) electrons. The van der Waals surface area contributed by atoms with Gasteiger partial charge in [0, 0.05) is 18.7 Å². The average molecular weight is 451 g/mol. The molecule has 2 atom stereocenters. The van der Waals surface area contributed by atoms with Gasteiger partial charge in [-0.1, -0.05) is 0 Å². The lowest BCUT2D eigenvalue weighted by molar-refractivity contribution is -0.126. The van der Waals surface area contributed by atoms with Crippen molar-refractivity contribution in [2.24, 2.45) is 5.92 Å². The molecule has 2 aromatic rings. The number of nitrogens with zero attached hydrogens (tertiary/aromatic N) is 1. The van der Waals surface area contributed by atoms with E-state index in [9.17, 15) is 17.6 Å². The van der Waals surface area contributed by atoms with Crippen molar-refractivity contribution in [3.63, 3.8) is 0 Å². The molecule has 9 heteroatoms. The Labute approximate surface area is 182 Å². The molecule has 0 bridgehead atoms. The number of ether oxygens (including phenoxy) is 2. The third-order valence-corrected chi connectivity index (χ3v) is 7.35. The Morgan fingerprint density at radius 2 is 1.87 bits per heavy atom. The van der Waals surface area contributed by atoms with Crippen molar-refractivity contribution in [3.05, 3.63) is 53.8 Å². The minimum Gasteiger partial charge on any atom is -0.497 e. The Balaban J connectivity index is 1.72. The molecular formula is C22H27FN2O5S. The molecule has 1 heterocycles. The van der Waals surface area contributed by atoms with Gasteiger partial charge in [-0.05, 0) is 62.2 Å². The van der Waals surface area contributed by atoms with Crippen LogP contribution in [0.1, 0.15) is 31.4 Å². The second-order valence-electron chi connectivity index (χ2n) is 7.49. The van der Waals surface area contributed by atoms with Gasteiger partial charge in [0.25, 0.3) is 0 Å². The molecule has 3 rings (SSSR count). The number of methoxy groups -OCH3 is 2. The molecule has 0 aromatic heterocycles. The van der Waals surface area contributed by atoms with Crippen LogP contribution in [0.25, 0.3) is 0 Å². The molecule has 31 heavy (non-hydrogen) atoms. The van der Waals surface area contributed by atoms with Gasteiger partial charge in [-0.25, -0.2) is 12.8 Å². The number of sulfonamides is 1. The number of hydrogen-bond acceptors (Lipinski definition) is 5. The van der Waals surface area contributed by atoms with Crippen LogP contribution in [-0.4, -0.2) is 45.9 Å². The van der Waals surface area contributed by atoms with Crippen molar-refractivity contribution in [2.75, 3.05) is 27.3 Å². The molecule has 168 valence electrons. The van der Waals surface area contributed by atoms with Crippen molar-refractivity contribution >= 4 is 15.9 Å². The SMILES string of the molecule is COc1ccc(OC)c([C@H](C)NC(=O)[C@H]2CCCN(S(=O)(=O)c3ccc(F)cc3)C2)c1. The van der Waals surface area contributed by atoms with Crippen molar-refractivity contribution in [1.82, 2.24) is 9.62 Å². The van der Waals surface area contributed by atoms with Gasteiger partial charge in [-0.3, -0.25) is 4.79 Å². The molecule has 0 unspecified atom stereocenters. The first kappa shape index (κ1) is 23.0. The Bertz CT molecular complexity index is 1030. The van der Waals surface area contributed by atoms with E-state index < -0.39 is 21.8 Å². The zero-order valence-corrected chi connectivity index (χ0v) is 18.6. The lowest BCUT2D eigenvalue weighted by Crippen LogP contribution is -2.45. The molecule has 1 saturated heterocycles. The Hall–Kier alpha value is -2.65. The first-order chi connectivity index (χ1) is 14.8. The number of nitrogens with one attached hydrogen (secondary N) is 1. The summed E-state index contributed by atoms with van der Waals surface area (Å²) in [5.74, 6) is 0.0556. The van der Waals surface area contributed by atoms with E-state index in [1.165, 1.54) is 16.4 Å².